The molecule has 4 nitrogen and oxygen atoms in total. The molecule has 1 aromatic rings. The second kappa shape index (κ2) is 4.39. The van der Waals surface area contributed by atoms with Gasteiger partial charge in [-0.2, -0.15) is 0 Å². The number of hydrogen-bond donors (Lipinski definition) is 0. The first-order chi connectivity index (χ1) is 10.7. The zero-order chi connectivity index (χ0) is 14.9. The Balaban J connectivity index is 1.60. The molecule has 1 spiro atoms. The van der Waals surface area contributed by atoms with Gasteiger partial charge in [0.05, 0.1) is 0 Å². The summed E-state index contributed by atoms with van der Waals surface area (Å²) >= 11 is 6.08. The first-order valence-electron chi connectivity index (χ1n) is 8.12. The molecule has 1 aliphatic carbocycles. The number of piperidine rings is 3. The van der Waals surface area contributed by atoms with Gasteiger partial charge in [-0.3, -0.25) is 4.90 Å². The molecule has 4 fully saturated rings. The standard InChI is InChI=1S/C17H20ClN3O/c1-20-10-19-22-17(20)13-6-11-7-15(17)16(21(8-11)9-13)12-2-4-14(18)5-3-12/h2-5,10-11,13,15-16H,6-9H2,1H3. The maximum absolute atomic E-state index is 6.08. The fourth-order valence-electron chi connectivity index (χ4n) is 5.51. The van der Waals surface area contributed by atoms with Crippen molar-refractivity contribution in [2.45, 2.75) is 24.6 Å². The summed E-state index contributed by atoms with van der Waals surface area (Å²) in [5, 5.41) is 4.97. The van der Waals surface area contributed by atoms with Gasteiger partial charge in [0.1, 0.15) is 6.34 Å². The highest BCUT2D eigenvalue weighted by Crippen LogP contribution is 2.59. The van der Waals surface area contributed by atoms with Crippen LogP contribution in [-0.4, -0.2) is 42.0 Å². The van der Waals surface area contributed by atoms with Crippen LogP contribution in [0.2, 0.25) is 5.02 Å². The molecule has 5 heteroatoms. The Morgan fingerprint density at radius 1 is 1.23 bits per heavy atom. The van der Waals surface area contributed by atoms with E-state index in [2.05, 4.69) is 34.1 Å². The van der Waals surface area contributed by atoms with E-state index in [-0.39, 0.29) is 5.72 Å². The molecule has 6 atom stereocenters. The molecule has 4 heterocycles. The van der Waals surface area contributed by atoms with Gasteiger partial charge in [0.25, 0.3) is 0 Å². The SMILES string of the molecule is CN1C=NOC12C1CC3CC2C(c2ccc(Cl)cc2)N(C3)C1. The Morgan fingerprint density at radius 2 is 2.05 bits per heavy atom. The van der Waals surface area contributed by atoms with Gasteiger partial charge in [-0.25, -0.2) is 0 Å². The van der Waals surface area contributed by atoms with Crippen molar-refractivity contribution in [2.24, 2.45) is 22.9 Å². The number of oxime groups is 1. The van der Waals surface area contributed by atoms with Crippen LogP contribution in [0, 0.1) is 17.8 Å². The third kappa shape index (κ3) is 1.55. The summed E-state index contributed by atoms with van der Waals surface area (Å²) in [6.07, 6.45) is 4.36. The first-order valence-corrected chi connectivity index (χ1v) is 8.50. The Labute approximate surface area is 135 Å². The van der Waals surface area contributed by atoms with E-state index in [1.165, 1.54) is 24.9 Å². The van der Waals surface area contributed by atoms with Gasteiger partial charge in [0, 0.05) is 43.0 Å². The van der Waals surface area contributed by atoms with E-state index in [0.717, 1.165) is 17.5 Å². The molecule has 6 rings (SSSR count). The van der Waals surface area contributed by atoms with Crippen LogP contribution in [0.25, 0.3) is 0 Å². The fraction of sp³-hybridized carbons (Fsp3) is 0.588. The van der Waals surface area contributed by atoms with Gasteiger partial charge in [-0.15, -0.1) is 0 Å². The van der Waals surface area contributed by atoms with E-state index in [9.17, 15) is 0 Å². The van der Waals surface area contributed by atoms with E-state index >= 15 is 0 Å². The largest absolute Gasteiger partial charge is 0.365 e. The van der Waals surface area contributed by atoms with E-state index in [1.807, 2.05) is 18.5 Å². The molecular weight excluding hydrogens is 298 g/mol. The number of rotatable bonds is 1. The van der Waals surface area contributed by atoms with Gasteiger partial charge < -0.3 is 9.74 Å². The average Bonchev–Trinajstić information content (AvgIpc) is 2.88. The predicted molar refractivity (Wildman–Crippen MR) is 85.5 cm³/mol. The molecule has 116 valence electrons. The molecule has 1 saturated carbocycles. The summed E-state index contributed by atoms with van der Waals surface area (Å²) in [6.45, 7) is 2.33. The minimum Gasteiger partial charge on any atom is -0.365 e. The zero-order valence-corrected chi connectivity index (χ0v) is 13.4. The lowest BCUT2D eigenvalue weighted by molar-refractivity contribution is -0.265. The van der Waals surface area contributed by atoms with Crippen molar-refractivity contribution in [1.82, 2.24) is 9.80 Å². The first kappa shape index (κ1) is 13.2. The molecule has 3 saturated heterocycles. The van der Waals surface area contributed by atoms with Crippen molar-refractivity contribution >= 4 is 17.9 Å². The average molecular weight is 318 g/mol. The minimum atomic E-state index is -0.238. The van der Waals surface area contributed by atoms with Gasteiger partial charge in [0.2, 0.25) is 5.72 Å². The monoisotopic (exact) mass is 317 g/mol. The number of hydrogen-bond acceptors (Lipinski definition) is 4. The van der Waals surface area contributed by atoms with Gasteiger partial charge >= 0.3 is 0 Å². The second-order valence-electron chi connectivity index (χ2n) is 7.27. The van der Waals surface area contributed by atoms with Crippen LogP contribution < -0.4 is 0 Å². The van der Waals surface area contributed by atoms with Crippen LogP contribution >= 0.6 is 11.6 Å². The molecule has 22 heavy (non-hydrogen) atoms. The van der Waals surface area contributed by atoms with Crippen LogP contribution in [0.4, 0.5) is 0 Å². The summed E-state index contributed by atoms with van der Waals surface area (Å²) in [5.41, 5.74) is 1.12. The Bertz CT molecular complexity index is 633. The lowest BCUT2D eigenvalue weighted by Gasteiger charge is -2.64. The Kier molecular flexibility index (Phi) is 2.63. The van der Waals surface area contributed by atoms with Gasteiger partial charge in [-0.05, 0) is 36.5 Å². The van der Waals surface area contributed by atoms with Crippen LogP contribution in [0.3, 0.4) is 0 Å². The van der Waals surface area contributed by atoms with Crippen LogP contribution in [0.5, 0.6) is 0 Å². The molecule has 0 N–H and O–H groups in total. The maximum Gasteiger partial charge on any atom is 0.219 e. The predicted octanol–water partition coefficient (Wildman–Crippen LogP) is 2.95. The fourth-order valence-corrected chi connectivity index (χ4v) is 5.63. The molecule has 0 radical (unpaired) electrons. The summed E-state index contributed by atoms with van der Waals surface area (Å²) in [6, 6.07) is 8.78. The smallest absolute Gasteiger partial charge is 0.219 e. The highest BCUT2D eigenvalue weighted by atomic mass is 35.5. The van der Waals surface area contributed by atoms with Crippen molar-refractivity contribution in [2.75, 3.05) is 20.1 Å². The molecule has 5 aliphatic rings. The van der Waals surface area contributed by atoms with Crippen molar-refractivity contribution < 1.29 is 4.84 Å². The van der Waals surface area contributed by atoms with Crippen LogP contribution in [-0.2, 0) is 4.84 Å². The molecule has 0 amide bonds. The van der Waals surface area contributed by atoms with E-state index in [1.54, 1.807) is 0 Å². The summed E-state index contributed by atoms with van der Waals surface area (Å²) < 4.78 is 0. The summed E-state index contributed by atoms with van der Waals surface area (Å²) in [7, 11) is 2.12. The Morgan fingerprint density at radius 3 is 2.77 bits per heavy atom. The van der Waals surface area contributed by atoms with Crippen LogP contribution in [0.15, 0.2) is 29.4 Å². The molecule has 4 bridgehead atoms. The van der Waals surface area contributed by atoms with Crippen molar-refractivity contribution in [3.8, 4) is 0 Å². The van der Waals surface area contributed by atoms with Crippen molar-refractivity contribution in [1.29, 1.82) is 0 Å². The van der Waals surface area contributed by atoms with Gasteiger partial charge in [0.15, 0.2) is 0 Å². The van der Waals surface area contributed by atoms with E-state index in [4.69, 9.17) is 16.4 Å². The normalized spacial score (nSPS) is 44.8. The molecule has 1 aromatic carbocycles. The highest BCUT2D eigenvalue weighted by molar-refractivity contribution is 6.30. The number of halogens is 1. The number of nitrogens with zero attached hydrogens (tertiary/aromatic N) is 3. The van der Waals surface area contributed by atoms with E-state index in [0.29, 0.717) is 17.9 Å². The number of benzene rings is 1. The quantitative estimate of drug-likeness (QED) is 0.797. The molecule has 0 aromatic heterocycles. The minimum absolute atomic E-state index is 0.238. The van der Waals surface area contributed by atoms with Crippen molar-refractivity contribution in [3.63, 3.8) is 0 Å². The summed E-state index contributed by atoms with van der Waals surface area (Å²) in [4.78, 5) is 10.9. The third-order valence-electron chi connectivity index (χ3n) is 6.23. The van der Waals surface area contributed by atoms with Crippen molar-refractivity contribution in [3.05, 3.63) is 34.9 Å². The summed E-state index contributed by atoms with van der Waals surface area (Å²) in [5.74, 6) is 1.84. The molecule has 4 aliphatic heterocycles. The molecule has 6 unspecified atom stereocenters. The zero-order valence-electron chi connectivity index (χ0n) is 12.7. The second-order valence-corrected chi connectivity index (χ2v) is 7.70. The topological polar surface area (TPSA) is 28.1 Å². The van der Waals surface area contributed by atoms with Crippen LogP contribution in [0.1, 0.15) is 24.4 Å². The highest BCUT2D eigenvalue weighted by Gasteiger charge is 2.66. The van der Waals surface area contributed by atoms with Gasteiger partial charge in [-0.1, -0.05) is 28.9 Å². The van der Waals surface area contributed by atoms with E-state index < -0.39 is 0 Å². The lowest BCUT2D eigenvalue weighted by Crippen LogP contribution is -2.71. The lowest BCUT2D eigenvalue weighted by atomic mass is 9.58. The Hall–Kier alpha value is -1.26. The maximum atomic E-state index is 6.08. The third-order valence-corrected chi connectivity index (χ3v) is 6.48. The molecular formula is C17H20ClN3O.